The van der Waals surface area contributed by atoms with Crippen molar-refractivity contribution in [1.29, 1.82) is 0 Å². The van der Waals surface area contributed by atoms with E-state index in [9.17, 15) is 4.79 Å². The van der Waals surface area contributed by atoms with Crippen molar-refractivity contribution in [3.63, 3.8) is 0 Å². The Hall–Kier alpha value is -1.16. The third-order valence-electron chi connectivity index (χ3n) is 2.29. The number of ether oxygens (including phenoxy) is 1. The molecule has 0 N–H and O–H groups in total. The first-order chi connectivity index (χ1) is 6.66. The molecular formula is C10H14N2O2. The molecule has 2 rings (SSSR count). The van der Waals surface area contributed by atoms with Crippen LogP contribution in [-0.2, 0) is 11.3 Å². The molecule has 4 nitrogen and oxygen atoms in total. The number of nitrogens with zero attached hydrogens (tertiary/aromatic N) is 2. The molecule has 0 aromatic carbocycles. The fourth-order valence-corrected chi connectivity index (χ4v) is 1.29. The highest BCUT2D eigenvalue weighted by atomic mass is 16.6. The summed E-state index contributed by atoms with van der Waals surface area (Å²) in [5, 5.41) is 0. The maximum absolute atomic E-state index is 11.6. The van der Waals surface area contributed by atoms with Gasteiger partial charge in [0.2, 0.25) is 0 Å². The lowest BCUT2D eigenvalue weighted by atomic mass is 10.1. The summed E-state index contributed by atoms with van der Waals surface area (Å²) in [4.78, 5) is 15.8. The van der Waals surface area contributed by atoms with Crippen LogP contribution in [-0.4, -0.2) is 22.3 Å². The molecule has 0 unspecified atom stereocenters. The minimum absolute atomic E-state index is 0.0131. The van der Waals surface area contributed by atoms with Gasteiger partial charge >= 0.3 is 0 Å². The monoisotopic (exact) mass is 194 g/mol. The largest absolute Gasteiger partial charge is 0.371 e. The van der Waals surface area contributed by atoms with Gasteiger partial charge < -0.3 is 4.74 Å². The molecule has 0 aliphatic carbocycles. The normalized spacial score (nSPS) is 20.1. The van der Waals surface area contributed by atoms with Crippen molar-refractivity contribution in [2.75, 3.05) is 6.61 Å². The molecule has 1 aromatic heterocycles. The summed E-state index contributed by atoms with van der Waals surface area (Å²) in [6.07, 6.45) is 1.83. The molecule has 1 aromatic rings. The van der Waals surface area contributed by atoms with E-state index in [1.54, 1.807) is 17.0 Å². The summed E-state index contributed by atoms with van der Waals surface area (Å²) in [5.41, 5.74) is 0.863. The summed E-state index contributed by atoms with van der Waals surface area (Å²) >= 11 is 0. The maximum atomic E-state index is 11.6. The zero-order valence-corrected chi connectivity index (χ0v) is 8.43. The van der Waals surface area contributed by atoms with Crippen LogP contribution < -0.4 is 5.56 Å². The van der Waals surface area contributed by atoms with Crippen molar-refractivity contribution in [2.24, 2.45) is 0 Å². The Labute approximate surface area is 82.5 Å². The molecule has 1 saturated heterocycles. The molecule has 0 radical (unpaired) electrons. The van der Waals surface area contributed by atoms with E-state index in [0.717, 1.165) is 12.3 Å². The van der Waals surface area contributed by atoms with Gasteiger partial charge in [-0.1, -0.05) is 13.8 Å². The van der Waals surface area contributed by atoms with E-state index in [2.05, 4.69) is 4.98 Å². The molecule has 14 heavy (non-hydrogen) atoms. The van der Waals surface area contributed by atoms with Gasteiger partial charge in [-0.05, 0) is 5.92 Å². The van der Waals surface area contributed by atoms with Crippen molar-refractivity contribution in [1.82, 2.24) is 9.55 Å². The molecule has 76 valence electrons. The minimum atomic E-state index is 0.0131. The lowest BCUT2D eigenvalue weighted by molar-refractivity contribution is 0.379. The molecular weight excluding hydrogens is 180 g/mol. The Bertz CT molecular complexity index is 380. The van der Waals surface area contributed by atoms with Crippen LogP contribution in [0.3, 0.4) is 0 Å². The van der Waals surface area contributed by atoms with Crippen LogP contribution in [0.25, 0.3) is 0 Å². The Morgan fingerprint density at radius 3 is 2.93 bits per heavy atom. The fraction of sp³-hybridized carbons (Fsp3) is 0.600. The quantitative estimate of drug-likeness (QED) is 0.667. The molecule has 0 bridgehead atoms. The Morgan fingerprint density at radius 1 is 1.71 bits per heavy atom. The van der Waals surface area contributed by atoms with Gasteiger partial charge in [0.25, 0.3) is 5.56 Å². The van der Waals surface area contributed by atoms with Crippen LogP contribution in [0.5, 0.6) is 0 Å². The van der Waals surface area contributed by atoms with Gasteiger partial charge in [0.15, 0.2) is 0 Å². The summed E-state index contributed by atoms with van der Waals surface area (Å²) in [5.74, 6) is 0.300. The lowest BCUT2D eigenvalue weighted by Gasteiger charge is -2.06. The van der Waals surface area contributed by atoms with Crippen molar-refractivity contribution in [2.45, 2.75) is 32.4 Å². The second-order valence-electron chi connectivity index (χ2n) is 3.91. The standard InChI is InChI=1S/C10H14N2O2/c1-7(2)9-3-10(13)12(6-11-9)4-8-5-14-8/h3,6-8H,4-5H2,1-2H3/t8-/m0/s1. The van der Waals surface area contributed by atoms with Crippen LogP contribution in [0.2, 0.25) is 0 Å². The first kappa shape index (κ1) is 9.40. The van der Waals surface area contributed by atoms with Crippen molar-refractivity contribution >= 4 is 0 Å². The second-order valence-corrected chi connectivity index (χ2v) is 3.91. The van der Waals surface area contributed by atoms with E-state index in [-0.39, 0.29) is 11.7 Å². The highest BCUT2D eigenvalue weighted by Crippen LogP contribution is 2.11. The summed E-state index contributed by atoms with van der Waals surface area (Å²) in [6.45, 7) is 5.44. The SMILES string of the molecule is CC(C)c1cc(=O)n(C[C@H]2CO2)cn1. The Kier molecular flexibility index (Phi) is 2.37. The van der Waals surface area contributed by atoms with Crippen LogP contribution >= 0.6 is 0 Å². The number of hydrogen-bond donors (Lipinski definition) is 0. The van der Waals surface area contributed by atoms with Crippen LogP contribution in [0, 0.1) is 0 Å². The molecule has 0 saturated carbocycles. The highest BCUT2D eigenvalue weighted by molar-refractivity contribution is 5.04. The van der Waals surface area contributed by atoms with Crippen LogP contribution in [0.4, 0.5) is 0 Å². The van der Waals surface area contributed by atoms with Gasteiger partial charge in [0.05, 0.1) is 31.3 Å². The average molecular weight is 194 g/mol. The predicted molar refractivity (Wildman–Crippen MR) is 52.3 cm³/mol. The predicted octanol–water partition coefficient (Wildman–Crippen LogP) is 0.766. The topological polar surface area (TPSA) is 47.4 Å². The number of aromatic nitrogens is 2. The third-order valence-corrected chi connectivity index (χ3v) is 2.29. The van der Waals surface area contributed by atoms with Gasteiger partial charge in [-0.3, -0.25) is 9.36 Å². The molecule has 1 aliphatic heterocycles. The van der Waals surface area contributed by atoms with E-state index in [0.29, 0.717) is 12.5 Å². The highest BCUT2D eigenvalue weighted by Gasteiger charge is 2.23. The number of epoxide rings is 1. The fourth-order valence-electron chi connectivity index (χ4n) is 1.29. The first-order valence-corrected chi connectivity index (χ1v) is 4.85. The lowest BCUT2D eigenvalue weighted by Crippen LogP contribution is -2.23. The average Bonchev–Trinajstić information content (AvgIpc) is 2.92. The molecule has 1 aliphatic rings. The number of hydrogen-bond acceptors (Lipinski definition) is 3. The minimum Gasteiger partial charge on any atom is -0.371 e. The van der Waals surface area contributed by atoms with E-state index in [1.807, 2.05) is 13.8 Å². The molecule has 1 fully saturated rings. The van der Waals surface area contributed by atoms with Gasteiger partial charge in [-0.25, -0.2) is 4.98 Å². The first-order valence-electron chi connectivity index (χ1n) is 4.85. The maximum Gasteiger partial charge on any atom is 0.253 e. The summed E-state index contributed by atoms with van der Waals surface area (Å²) < 4.78 is 6.66. The number of rotatable bonds is 3. The third kappa shape index (κ3) is 2.01. The Morgan fingerprint density at radius 2 is 2.43 bits per heavy atom. The Balaban J connectivity index is 2.21. The van der Waals surface area contributed by atoms with Gasteiger partial charge in [-0.2, -0.15) is 0 Å². The summed E-state index contributed by atoms with van der Waals surface area (Å²) in [7, 11) is 0. The molecule has 0 amide bonds. The van der Waals surface area contributed by atoms with Crippen molar-refractivity contribution in [3.05, 3.63) is 28.4 Å². The van der Waals surface area contributed by atoms with E-state index < -0.39 is 0 Å². The van der Waals surface area contributed by atoms with E-state index in [4.69, 9.17) is 4.74 Å². The zero-order valence-electron chi connectivity index (χ0n) is 8.43. The van der Waals surface area contributed by atoms with Gasteiger partial charge in [0, 0.05) is 6.07 Å². The second kappa shape index (κ2) is 3.53. The molecule has 0 spiro atoms. The molecule has 2 heterocycles. The van der Waals surface area contributed by atoms with E-state index >= 15 is 0 Å². The van der Waals surface area contributed by atoms with E-state index in [1.165, 1.54) is 0 Å². The van der Waals surface area contributed by atoms with Crippen LogP contribution in [0.1, 0.15) is 25.5 Å². The van der Waals surface area contributed by atoms with Crippen molar-refractivity contribution in [3.8, 4) is 0 Å². The summed E-state index contributed by atoms with van der Waals surface area (Å²) in [6, 6.07) is 1.60. The van der Waals surface area contributed by atoms with Gasteiger partial charge in [0.1, 0.15) is 0 Å². The smallest absolute Gasteiger partial charge is 0.253 e. The van der Waals surface area contributed by atoms with Crippen LogP contribution in [0.15, 0.2) is 17.2 Å². The van der Waals surface area contributed by atoms with Gasteiger partial charge in [-0.15, -0.1) is 0 Å². The molecule has 1 atom stereocenters. The molecule has 4 heteroatoms. The zero-order chi connectivity index (χ0) is 10.1. The van der Waals surface area contributed by atoms with Crippen molar-refractivity contribution < 1.29 is 4.74 Å².